The van der Waals surface area contributed by atoms with Gasteiger partial charge >= 0.3 is 5.97 Å². The van der Waals surface area contributed by atoms with Crippen molar-refractivity contribution in [2.24, 2.45) is 5.73 Å². The number of nitrogens with one attached hydrogen (secondary N) is 1. The number of thiophene rings is 1. The maximum Gasteiger partial charge on any atom is 0.341 e. The SMILES string of the molecule is Cc1c(C(N)=O)sc(NC(=O)c2ccn(Cn3nnc(-c4ccccc4)n3)n2)c1C(=O)OC(C)C. The van der Waals surface area contributed by atoms with E-state index in [0.29, 0.717) is 11.4 Å². The molecule has 4 aromatic rings. The number of ether oxygens (including phenoxy) is 1. The van der Waals surface area contributed by atoms with Gasteiger partial charge in [-0.25, -0.2) is 9.48 Å². The van der Waals surface area contributed by atoms with Gasteiger partial charge in [0.25, 0.3) is 11.8 Å². The van der Waals surface area contributed by atoms with Crippen molar-refractivity contribution >= 4 is 34.1 Å². The highest BCUT2D eigenvalue weighted by Gasteiger charge is 2.27. The molecule has 4 rings (SSSR count). The standard InChI is InChI=1S/C22H22N8O4S/c1-12(2)34-22(33)16-13(3)17(18(23)31)35-21(16)24-20(32)15-9-10-29(26-15)11-30-27-19(25-28-30)14-7-5-4-6-8-14/h4-10,12H,11H2,1-3H3,(H2,23,31)(H,24,32). The molecular formula is C22H22N8O4S. The van der Waals surface area contributed by atoms with Gasteiger partial charge in [-0.2, -0.15) is 5.10 Å². The number of esters is 1. The van der Waals surface area contributed by atoms with E-state index in [4.69, 9.17) is 10.5 Å². The number of carbonyl (C=O) groups excluding carboxylic acids is 3. The minimum atomic E-state index is -0.703. The maximum absolute atomic E-state index is 12.9. The Balaban J connectivity index is 1.51. The highest BCUT2D eigenvalue weighted by Crippen LogP contribution is 2.34. The van der Waals surface area contributed by atoms with E-state index in [0.717, 1.165) is 16.9 Å². The lowest BCUT2D eigenvalue weighted by atomic mass is 10.1. The van der Waals surface area contributed by atoms with Crippen molar-refractivity contribution in [2.45, 2.75) is 33.5 Å². The highest BCUT2D eigenvalue weighted by atomic mass is 32.1. The minimum Gasteiger partial charge on any atom is -0.459 e. The summed E-state index contributed by atoms with van der Waals surface area (Å²) in [6, 6.07) is 10.9. The molecule has 3 heterocycles. The minimum absolute atomic E-state index is 0.0863. The van der Waals surface area contributed by atoms with Gasteiger partial charge in [0.05, 0.1) is 16.5 Å². The first-order valence-corrected chi connectivity index (χ1v) is 11.4. The Morgan fingerprint density at radius 2 is 1.89 bits per heavy atom. The van der Waals surface area contributed by atoms with Gasteiger partial charge in [-0.05, 0) is 37.6 Å². The Morgan fingerprint density at radius 3 is 2.57 bits per heavy atom. The van der Waals surface area contributed by atoms with Crippen LogP contribution in [0, 0.1) is 6.92 Å². The van der Waals surface area contributed by atoms with Crippen LogP contribution in [0.3, 0.4) is 0 Å². The average Bonchev–Trinajstić information content (AvgIpc) is 3.53. The molecular weight excluding hydrogens is 472 g/mol. The third-order valence-electron chi connectivity index (χ3n) is 4.77. The second-order valence-corrected chi connectivity index (χ2v) is 8.79. The topological polar surface area (TPSA) is 160 Å². The Bertz CT molecular complexity index is 1390. The predicted molar refractivity (Wildman–Crippen MR) is 127 cm³/mol. The van der Waals surface area contributed by atoms with Crippen LogP contribution in [0.1, 0.15) is 49.9 Å². The second kappa shape index (κ2) is 9.85. The Morgan fingerprint density at radius 1 is 1.14 bits per heavy atom. The van der Waals surface area contributed by atoms with Gasteiger partial charge in [0, 0.05) is 11.8 Å². The Kier molecular flexibility index (Phi) is 6.68. The number of rotatable bonds is 8. The molecule has 13 heteroatoms. The Hall–Kier alpha value is -4.39. The van der Waals surface area contributed by atoms with E-state index in [1.54, 1.807) is 27.0 Å². The number of hydrogen-bond donors (Lipinski definition) is 2. The Labute approximate surface area is 203 Å². The van der Waals surface area contributed by atoms with E-state index in [9.17, 15) is 14.4 Å². The zero-order valence-electron chi connectivity index (χ0n) is 19.1. The number of aromatic nitrogens is 6. The number of carbonyl (C=O) groups is 3. The third-order valence-corrected chi connectivity index (χ3v) is 6.00. The molecule has 0 aliphatic heterocycles. The zero-order valence-corrected chi connectivity index (χ0v) is 19.9. The van der Waals surface area contributed by atoms with E-state index in [-0.39, 0.29) is 33.9 Å². The van der Waals surface area contributed by atoms with Crippen molar-refractivity contribution in [1.29, 1.82) is 0 Å². The van der Waals surface area contributed by atoms with Crippen LogP contribution in [0.2, 0.25) is 0 Å². The summed E-state index contributed by atoms with van der Waals surface area (Å²) in [5, 5.41) is 19.4. The molecule has 0 saturated heterocycles. The van der Waals surface area contributed by atoms with Crippen molar-refractivity contribution < 1.29 is 19.1 Å². The maximum atomic E-state index is 12.9. The number of anilines is 1. The van der Waals surface area contributed by atoms with Crippen LogP contribution in [0.4, 0.5) is 5.00 Å². The molecule has 0 fully saturated rings. The summed E-state index contributed by atoms with van der Waals surface area (Å²) < 4.78 is 6.73. The van der Waals surface area contributed by atoms with Crippen LogP contribution in [0.25, 0.3) is 11.4 Å². The molecule has 0 bridgehead atoms. The number of nitrogens with two attached hydrogens (primary N) is 1. The van der Waals surface area contributed by atoms with Crippen LogP contribution >= 0.6 is 11.3 Å². The largest absolute Gasteiger partial charge is 0.459 e. The summed E-state index contributed by atoms with van der Waals surface area (Å²) in [6.45, 7) is 5.11. The lowest BCUT2D eigenvalue weighted by Gasteiger charge is -2.10. The zero-order chi connectivity index (χ0) is 25.1. The summed E-state index contributed by atoms with van der Waals surface area (Å²) in [5.41, 5.74) is 6.78. The molecule has 0 atom stereocenters. The molecule has 0 saturated carbocycles. The van der Waals surface area contributed by atoms with Crippen LogP contribution in [-0.2, 0) is 11.4 Å². The molecule has 180 valence electrons. The lowest BCUT2D eigenvalue weighted by Crippen LogP contribution is -2.18. The summed E-state index contributed by atoms with van der Waals surface area (Å²) in [4.78, 5) is 38.8. The predicted octanol–water partition coefficient (Wildman–Crippen LogP) is 2.33. The molecule has 3 aromatic heterocycles. The molecule has 12 nitrogen and oxygen atoms in total. The molecule has 0 radical (unpaired) electrons. The fourth-order valence-electron chi connectivity index (χ4n) is 3.22. The molecule has 35 heavy (non-hydrogen) atoms. The highest BCUT2D eigenvalue weighted by molar-refractivity contribution is 7.18. The molecule has 0 aliphatic carbocycles. The molecule has 0 spiro atoms. The summed E-state index contributed by atoms with van der Waals surface area (Å²) in [5.74, 6) is -1.47. The summed E-state index contributed by atoms with van der Waals surface area (Å²) in [7, 11) is 0. The normalized spacial score (nSPS) is 11.0. The van der Waals surface area contributed by atoms with Gasteiger partial charge in [-0.3, -0.25) is 9.59 Å². The summed E-state index contributed by atoms with van der Waals surface area (Å²) >= 11 is 0.908. The lowest BCUT2D eigenvalue weighted by molar-refractivity contribution is 0.0379. The first-order valence-electron chi connectivity index (χ1n) is 10.5. The number of primary amides is 1. The van der Waals surface area contributed by atoms with Gasteiger partial charge in [0.15, 0.2) is 12.4 Å². The van der Waals surface area contributed by atoms with E-state index in [2.05, 4.69) is 25.8 Å². The van der Waals surface area contributed by atoms with Gasteiger partial charge in [0.2, 0.25) is 5.82 Å². The smallest absolute Gasteiger partial charge is 0.341 e. The molecule has 0 aliphatic rings. The molecule has 3 N–H and O–H groups in total. The van der Waals surface area contributed by atoms with Crippen LogP contribution in [0.5, 0.6) is 0 Å². The number of benzene rings is 1. The van der Waals surface area contributed by atoms with E-state index in [1.165, 1.54) is 15.5 Å². The van der Waals surface area contributed by atoms with E-state index >= 15 is 0 Å². The first-order chi connectivity index (χ1) is 16.7. The number of nitrogens with zero attached hydrogens (tertiary/aromatic N) is 6. The van der Waals surface area contributed by atoms with Gasteiger partial charge < -0.3 is 15.8 Å². The average molecular weight is 495 g/mol. The fourth-order valence-corrected chi connectivity index (χ4v) is 4.26. The number of tetrazole rings is 1. The van der Waals surface area contributed by atoms with Crippen molar-refractivity contribution in [3.05, 3.63) is 64.3 Å². The van der Waals surface area contributed by atoms with Gasteiger partial charge in [-0.1, -0.05) is 30.3 Å². The van der Waals surface area contributed by atoms with Crippen molar-refractivity contribution in [2.75, 3.05) is 5.32 Å². The number of amides is 2. The quantitative estimate of drug-likeness (QED) is 0.353. The van der Waals surface area contributed by atoms with Crippen molar-refractivity contribution in [1.82, 2.24) is 30.0 Å². The van der Waals surface area contributed by atoms with Gasteiger partial charge in [-0.15, -0.1) is 26.3 Å². The van der Waals surface area contributed by atoms with E-state index < -0.39 is 17.8 Å². The third kappa shape index (κ3) is 5.24. The fraction of sp³-hybridized carbons (Fsp3) is 0.227. The van der Waals surface area contributed by atoms with Crippen LogP contribution in [0.15, 0.2) is 42.6 Å². The molecule has 0 unspecified atom stereocenters. The summed E-state index contributed by atoms with van der Waals surface area (Å²) in [6.07, 6.45) is 1.20. The molecule has 1 aromatic carbocycles. The number of hydrogen-bond acceptors (Lipinski definition) is 9. The van der Waals surface area contributed by atoms with Crippen LogP contribution < -0.4 is 11.1 Å². The van der Waals surface area contributed by atoms with Gasteiger partial charge in [0.1, 0.15) is 5.00 Å². The van der Waals surface area contributed by atoms with E-state index in [1.807, 2.05) is 30.3 Å². The van der Waals surface area contributed by atoms with Crippen LogP contribution in [-0.4, -0.2) is 53.9 Å². The second-order valence-electron chi connectivity index (χ2n) is 7.77. The molecule has 2 amide bonds. The van der Waals surface area contributed by atoms with Crippen molar-refractivity contribution in [3.8, 4) is 11.4 Å². The van der Waals surface area contributed by atoms with Crippen molar-refractivity contribution in [3.63, 3.8) is 0 Å². The monoisotopic (exact) mass is 494 g/mol. The first kappa shape index (κ1) is 23.8.